The van der Waals surface area contributed by atoms with E-state index in [1.807, 2.05) is 72.8 Å². The lowest BCUT2D eigenvalue weighted by Crippen LogP contribution is -2.21. The fourth-order valence-corrected chi connectivity index (χ4v) is 6.78. The summed E-state index contributed by atoms with van der Waals surface area (Å²) >= 11 is 0. The quantitative estimate of drug-likeness (QED) is 0.184. The molecule has 0 bridgehead atoms. The van der Waals surface area contributed by atoms with Gasteiger partial charge in [-0.3, -0.25) is 9.20 Å². The van der Waals surface area contributed by atoms with Gasteiger partial charge in [0, 0.05) is 17.1 Å². The van der Waals surface area contributed by atoms with Crippen molar-refractivity contribution in [1.82, 2.24) is 14.0 Å². The van der Waals surface area contributed by atoms with Crippen LogP contribution in [0.15, 0.2) is 187 Å². The number of fused-ring (bicyclic) bond motifs is 5. The highest BCUT2D eigenvalue weighted by Crippen LogP contribution is 2.37. The van der Waals surface area contributed by atoms with Crippen molar-refractivity contribution in [3.8, 4) is 27.9 Å². The third kappa shape index (κ3) is 4.96. The zero-order valence-electron chi connectivity index (χ0n) is 26.5. The van der Waals surface area contributed by atoms with Crippen molar-refractivity contribution >= 4 is 44.8 Å². The topological polar surface area (TPSA) is 42.5 Å². The molecule has 0 aliphatic heterocycles. The maximum atomic E-state index is 14.0. The van der Waals surface area contributed by atoms with Gasteiger partial charge in [0.1, 0.15) is 0 Å². The Morgan fingerprint density at radius 1 is 0.449 bits per heavy atom. The molecule has 49 heavy (non-hydrogen) atoms. The first-order valence-electron chi connectivity index (χ1n) is 16.4. The highest BCUT2D eigenvalue weighted by atomic mass is 16.1. The van der Waals surface area contributed by atoms with E-state index in [-0.39, 0.29) is 5.56 Å². The van der Waals surface area contributed by atoms with E-state index in [2.05, 4.69) is 118 Å². The SMILES string of the molecule is O=c1c2ccccc2n2c3ccccc3nc2n1-c1ccc(-c2cccc(N(c3ccccc3)c3ccc(-c4ccccc4)cc3)c2)cc1. The molecule has 0 aliphatic rings. The highest BCUT2D eigenvalue weighted by molar-refractivity contribution is 5.90. The number of nitrogens with zero attached hydrogens (tertiary/aromatic N) is 4. The van der Waals surface area contributed by atoms with E-state index < -0.39 is 0 Å². The summed E-state index contributed by atoms with van der Waals surface area (Å²) in [5, 5.41) is 0.646. The molecule has 0 unspecified atom stereocenters. The van der Waals surface area contributed by atoms with Crippen molar-refractivity contribution in [2.45, 2.75) is 0 Å². The number of benzene rings is 7. The number of hydrogen-bond donors (Lipinski definition) is 0. The van der Waals surface area contributed by atoms with Crippen LogP contribution in [0.5, 0.6) is 0 Å². The van der Waals surface area contributed by atoms with Crippen molar-refractivity contribution in [1.29, 1.82) is 0 Å². The van der Waals surface area contributed by atoms with E-state index in [1.165, 1.54) is 11.1 Å². The standard InChI is InChI=1S/C44H30N4O/c49-43-39-18-7-9-20-41(39)48-42-21-10-8-19-40(42)45-44(48)47(43)37-28-24-33(25-29-37)34-14-11-17-38(30-34)46(35-15-5-2-6-16-35)36-26-22-32(23-27-36)31-12-3-1-4-13-31/h1-30H. The van der Waals surface area contributed by atoms with Gasteiger partial charge in [0.2, 0.25) is 5.78 Å². The fourth-order valence-electron chi connectivity index (χ4n) is 6.78. The van der Waals surface area contributed by atoms with Gasteiger partial charge < -0.3 is 4.90 Å². The molecule has 2 heterocycles. The minimum atomic E-state index is -0.0926. The number of anilines is 3. The Morgan fingerprint density at radius 3 is 1.78 bits per heavy atom. The molecular weight excluding hydrogens is 601 g/mol. The van der Waals surface area contributed by atoms with Gasteiger partial charge in [0.15, 0.2) is 0 Å². The maximum absolute atomic E-state index is 14.0. The molecule has 0 aliphatic carbocycles. The molecule has 7 aromatic carbocycles. The van der Waals surface area contributed by atoms with Gasteiger partial charge >= 0.3 is 0 Å². The Kier molecular flexibility index (Phi) is 6.87. The largest absolute Gasteiger partial charge is 0.310 e. The van der Waals surface area contributed by atoms with Gasteiger partial charge in [0.05, 0.1) is 27.6 Å². The van der Waals surface area contributed by atoms with Gasteiger partial charge in [-0.1, -0.05) is 109 Å². The normalized spacial score (nSPS) is 11.3. The smallest absolute Gasteiger partial charge is 0.267 e. The van der Waals surface area contributed by atoms with Crippen LogP contribution < -0.4 is 10.5 Å². The van der Waals surface area contributed by atoms with Gasteiger partial charge in [-0.25, -0.2) is 9.55 Å². The predicted molar refractivity (Wildman–Crippen MR) is 201 cm³/mol. The molecule has 9 aromatic rings. The van der Waals surface area contributed by atoms with E-state index >= 15 is 0 Å². The van der Waals surface area contributed by atoms with Gasteiger partial charge in [-0.05, 0) is 95.1 Å². The first-order chi connectivity index (χ1) is 24.2. The summed E-state index contributed by atoms with van der Waals surface area (Å²) in [4.78, 5) is 21.2. The number of para-hydroxylation sites is 4. The van der Waals surface area contributed by atoms with Gasteiger partial charge in [0.25, 0.3) is 5.56 Å². The van der Waals surface area contributed by atoms with Crippen molar-refractivity contribution in [3.63, 3.8) is 0 Å². The lowest BCUT2D eigenvalue weighted by Gasteiger charge is -2.26. The zero-order valence-corrected chi connectivity index (χ0v) is 26.5. The minimum Gasteiger partial charge on any atom is -0.310 e. The molecule has 0 N–H and O–H groups in total. The van der Waals surface area contributed by atoms with E-state index in [4.69, 9.17) is 4.98 Å². The van der Waals surface area contributed by atoms with E-state index in [9.17, 15) is 4.79 Å². The molecule has 232 valence electrons. The van der Waals surface area contributed by atoms with Crippen LogP contribution in [0.3, 0.4) is 0 Å². The molecule has 0 amide bonds. The Labute approximate surface area is 283 Å². The first kappa shape index (κ1) is 28.5. The summed E-state index contributed by atoms with van der Waals surface area (Å²) in [6, 6.07) is 62.1. The molecule has 0 radical (unpaired) electrons. The fraction of sp³-hybridized carbons (Fsp3) is 0. The van der Waals surface area contributed by atoms with Crippen molar-refractivity contribution in [3.05, 3.63) is 192 Å². The Bertz CT molecular complexity index is 2660. The average molecular weight is 631 g/mol. The molecule has 5 nitrogen and oxygen atoms in total. The second-order valence-electron chi connectivity index (χ2n) is 12.1. The zero-order chi connectivity index (χ0) is 32.7. The number of hydrogen-bond acceptors (Lipinski definition) is 3. The van der Waals surface area contributed by atoms with Crippen molar-refractivity contribution in [2.24, 2.45) is 0 Å². The lowest BCUT2D eigenvalue weighted by molar-refractivity contribution is 0.983. The molecule has 0 saturated carbocycles. The van der Waals surface area contributed by atoms with Crippen LogP contribution >= 0.6 is 0 Å². The lowest BCUT2D eigenvalue weighted by atomic mass is 10.0. The van der Waals surface area contributed by atoms with Gasteiger partial charge in [-0.2, -0.15) is 0 Å². The third-order valence-corrected chi connectivity index (χ3v) is 9.13. The molecule has 5 heteroatoms. The number of rotatable bonds is 6. The van der Waals surface area contributed by atoms with Crippen molar-refractivity contribution < 1.29 is 0 Å². The third-order valence-electron chi connectivity index (χ3n) is 9.13. The summed E-state index contributed by atoms with van der Waals surface area (Å²) < 4.78 is 3.80. The second kappa shape index (κ2) is 11.8. The molecule has 0 atom stereocenters. The van der Waals surface area contributed by atoms with Crippen LogP contribution in [0.2, 0.25) is 0 Å². The number of aromatic nitrogens is 3. The molecular formula is C44H30N4O. The molecule has 0 fully saturated rings. The predicted octanol–water partition coefficient (Wildman–Crippen LogP) is 10.6. The Balaban J connectivity index is 1.12. The molecule has 9 rings (SSSR count). The summed E-state index contributed by atoms with van der Waals surface area (Å²) in [6.45, 7) is 0. The number of imidazole rings is 1. The Hall–Kier alpha value is -6.72. The maximum Gasteiger partial charge on any atom is 0.267 e. The van der Waals surface area contributed by atoms with E-state index in [0.29, 0.717) is 11.2 Å². The van der Waals surface area contributed by atoms with Gasteiger partial charge in [-0.15, -0.1) is 0 Å². The van der Waals surface area contributed by atoms with Crippen molar-refractivity contribution in [2.75, 3.05) is 4.90 Å². The second-order valence-corrected chi connectivity index (χ2v) is 12.1. The molecule has 0 saturated heterocycles. The summed E-state index contributed by atoms with van der Waals surface area (Å²) in [6.07, 6.45) is 0. The summed E-state index contributed by atoms with van der Waals surface area (Å²) in [7, 11) is 0. The minimum absolute atomic E-state index is 0.0926. The summed E-state index contributed by atoms with van der Waals surface area (Å²) in [5.74, 6) is 0.594. The van der Waals surface area contributed by atoms with Crippen LogP contribution in [0, 0.1) is 0 Å². The van der Waals surface area contributed by atoms with Crippen LogP contribution in [0.4, 0.5) is 17.1 Å². The Morgan fingerprint density at radius 2 is 1.00 bits per heavy atom. The average Bonchev–Trinajstić information content (AvgIpc) is 3.56. The highest BCUT2D eigenvalue weighted by Gasteiger charge is 2.17. The monoisotopic (exact) mass is 630 g/mol. The van der Waals surface area contributed by atoms with Crippen LogP contribution in [0.25, 0.3) is 55.7 Å². The van der Waals surface area contributed by atoms with E-state index in [0.717, 1.165) is 50.4 Å². The molecule has 0 spiro atoms. The summed E-state index contributed by atoms with van der Waals surface area (Å²) in [5.41, 5.74) is 11.0. The molecule has 2 aromatic heterocycles. The first-order valence-corrected chi connectivity index (χ1v) is 16.4. The van der Waals surface area contributed by atoms with Crippen LogP contribution in [0.1, 0.15) is 0 Å². The van der Waals surface area contributed by atoms with E-state index in [1.54, 1.807) is 4.57 Å². The van der Waals surface area contributed by atoms with Crippen LogP contribution in [-0.2, 0) is 0 Å². The van der Waals surface area contributed by atoms with Crippen LogP contribution in [-0.4, -0.2) is 14.0 Å².